The van der Waals surface area contributed by atoms with Gasteiger partial charge in [0.05, 0.1) is 16.8 Å². The van der Waals surface area contributed by atoms with Crippen LogP contribution in [0.1, 0.15) is 20.3 Å². The minimum Gasteiger partial charge on any atom is -0.323 e. The third-order valence-electron chi connectivity index (χ3n) is 2.75. The van der Waals surface area contributed by atoms with Gasteiger partial charge in [0.1, 0.15) is 0 Å². The highest BCUT2D eigenvalue weighted by Crippen LogP contribution is 2.25. The number of rotatable bonds is 4. The summed E-state index contributed by atoms with van der Waals surface area (Å²) in [5.74, 6) is -0.0622. The summed E-state index contributed by atoms with van der Waals surface area (Å²) >= 11 is 9.31. The number of nitrogens with two attached hydrogens (primary N) is 1. The first-order valence-electron chi connectivity index (χ1n) is 5.47. The lowest BCUT2D eigenvalue weighted by atomic mass is 9.99. The molecule has 0 spiro atoms. The van der Waals surface area contributed by atoms with Gasteiger partial charge in [0, 0.05) is 4.47 Å². The Labute approximate surface area is 115 Å². The average molecular weight is 320 g/mol. The van der Waals surface area contributed by atoms with Crippen molar-refractivity contribution in [2.45, 2.75) is 26.3 Å². The average Bonchev–Trinajstić information content (AvgIpc) is 2.30. The maximum atomic E-state index is 11.8. The smallest absolute Gasteiger partial charge is 0.241 e. The number of carbonyl (C=O) groups is 1. The van der Waals surface area contributed by atoms with Crippen molar-refractivity contribution in [3.8, 4) is 0 Å². The molecule has 1 rings (SSSR count). The monoisotopic (exact) mass is 318 g/mol. The number of benzene rings is 1. The van der Waals surface area contributed by atoms with Crippen LogP contribution in [-0.2, 0) is 4.79 Å². The van der Waals surface area contributed by atoms with Crippen molar-refractivity contribution in [3.05, 3.63) is 27.7 Å². The van der Waals surface area contributed by atoms with Crippen molar-refractivity contribution in [2.75, 3.05) is 5.32 Å². The summed E-state index contributed by atoms with van der Waals surface area (Å²) < 4.78 is 0.867. The molecule has 1 aromatic carbocycles. The topological polar surface area (TPSA) is 55.1 Å². The van der Waals surface area contributed by atoms with Gasteiger partial charge in [-0.2, -0.15) is 0 Å². The quantitative estimate of drug-likeness (QED) is 0.893. The molecule has 1 unspecified atom stereocenters. The van der Waals surface area contributed by atoms with Crippen molar-refractivity contribution in [1.82, 2.24) is 0 Å². The van der Waals surface area contributed by atoms with Crippen LogP contribution < -0.4 is 11.1 Å². The van der Waals surface area contributed by atoms with Crippen molar-refractivity contribution < 1.29 is 4.79 Å². The van der Waals surface area contributed by atoms with Gasteiger partial charge in [-0.1, -0.05) is 47.8 Å². The second-order valence-electron chi connectivity index (χ2n) is 4.02. The zero-order valence-electron chi connectivity index (χ0n) is 9.84. The van der Waals surface area contributed by atoms with Gasteiger partial charge in [0.2, 0.25) is 5.91 Å². The van der Waals surface area contributed by atoms with Gasteiger partial charge >= 0.3 is 0 Å². The van der Waals surface area contributed by atoms with Gasteiger partial charge in [0.25, 0.3) is 0 Å². The zero-order valence-corrected chi connectivity index (χ0v) is 12.2. The minimum absolute atomic E-state index is 0.143. The summed E-state index contributed by atoms with van der Waals surface area (Å²) in [5, 5.41) is 3.23. The van der Waals surface area contributed by atoms with Crippen LogP contribution in [0.5, 0.6) is 0 Å². The maximum Gasteiger partial charge on any atom is 0.241 e. The highest BCUT2D eigenvalue weighted by molar-refractivity contribution is 9.10. The van der Waals surface area contributed by atoms with Gasteiger partial charge in [0.15, 0.2) is 0 Å². The molecular weight excluding hydrogens is 304 g/mol. The van der Waals surface area contributed by atoms with Gasteiger partial charge in [-0.25, -0.2) is 0 Å². The van der Waals surface area contributed by atoms with E-state index in [9.17, 15) is 4.79 Å². The standard InChI is InChI=1S/C12H16BrClN2O/c1-3-7(2)11(15)12(17)16-10-5-4-8(13)6-9(10)14/h4-7,11H,3,15H2,1-2H3,(H,16,17)/t7?,11-/m0/s1. The highest BCUT2D eigenvalue weighted by atomic mass is 79.9. The number of hydrogen-bond acceptors (Lipinski definition) is 2. The second kappa shape index (κ2) is 6.38. The number of hydrogen-bond donors (Lipinski definition) is 2. The Morgan fingerprint density at radius 1 is 1.59 bits per heavy atom. The third-order valence-corrected chi connectivity index (χ3v) is 3.55. The molecule has 0 saturated heterocycles. The second-order valence-corrected chi connectivity index (χ2v) is 5.35. The number of carbonyl (C=O) groups excluding carboxylic acids is 1. The SMILES string of the molecule is CCC(C)[C@H](N)C(=O)Nc1ccc(Br)cc1Cl. The Kier molecular flexibility index (Phi) is 5.43. The molecule has 0 aliphatic heterocycles. The van der Waals surface area contributed by atoms with Crippen LogP contribution in [0.25, 0.3) is 0 Å². The molecule has 0 aliphatic carbocycles. The van der Waals surface area contributed by atoms with Crippen LogP contribution in [0.15, 0.2) is 22.7 Å². The van der Waals surface area contributed by atoms with E-state index in [1.54, 1.807) is 12.1 Å². The molecule has 17 heavy (non-hydrogen) atoms. The molecule has 0 aromatic heterocycles. The summed E-state index contributed by atoms with van der Waals surface area (Å²) in [4.78, 5) is 11.8. The molecule has 2 atom stereocenters. The lowest BCUT2D eigenvalue weighted by Crippen LogP contribution is -2.40. The van der Waals surface area contributed by atoms with Crippen molar-refractivity contribution in [3.63, 3.8) is 0 Å². The van der Waals surface area contributed by atoms with Crippen LogP contribution in [-0.4, -0.2) is 11.9 Å². The first-order valence-corrected chi connectivity index (χ1v) is 6.64. The molecule has 0 radical (unpaired) electrons. The highest BCUT2D eigenvalue weighted by Gasteiger charge is 2.20. The number of halogens is 2. The predicted octanol–water partition coefficient (Wildman–Crippen LogP) is 3.41. The minimum atomic E-state index is -0.514. The van der Waals surface area contributed by atoms with Gasteiger partial charge in [-0.15, -0.1) is 0 Å². The lowest BCUT2D eigenvalue weighted by Gasteiger charge is -2.18. The van der Waals surface area contributed by atoms with E-state index in [1.807, 2.05) is 19.9 Å². The first kappa shape index (κ1) is 14.5. The normalized spacial score (nSPS) is 14.2. The van der Waals surface area contributed by atoms with E-state index in [0.29, 0.717) is 10.7 Å². The zero-order chi connectivity index (χ0) is 13.0. The number of amides is 1. The fraction of sp³-hybridized carbons (Fsp3) is 0.417. The van der Waals surface area contributed by atoms with E-state index < -0.39 is 6.04 Å². The summed E-state index contributed by atoms with van der Waals surface area (Å²) in [6.45, 7) is 3.96. The molecule has 1 aromatic rings. The largest absolute Gasteiger partial charge is 0.323 e. The molecule has 0 bridgehead atoms. The molecule has 0 aliphatic rings. The van der Waals surface area contributed by atoms with E-state index in [-0.39, 0.29) is 11.8 Å². The molecular formula is C12H16BrClN2O. The summed E-state index contributed by atoms with van der Waals surface area (Å²) in [7, 11) is 0. The Hall–Kier alpha value is -0.580. The van der Waals surface area contributed by atoms with Crippen LogP contribution in [0.3, 0.4) is 0 Å². The van der Waals surface area contributed by atoms with Crippen molar-refractivity contribution >= 4 is 39.1 Å². The maximum absolute atomic E-state index is 11.8. The van der Waals surface area contributed by atoms with E-state index in [4.69, 9.17) is 17.3 Å². The van der Waals surface area contributed by atoms with Crippen molar-refractivity contribution in [2.24, 2.45) is 11.7 Å². The molecule has 0 heterocycles. The first-order chi connectivity index (χ1) is 7.95. The predicted molar refractivity (Wildman–Crippen MR) is 75.2 cm³/mol. The Bertz CT molecular complexity index is 411. The van der Waals surface area contributed by atoms with Crippen LogP contribution in [0.2, 0.25) is 5.02 Å². The van der Waals surface area contributed by atoms with Gasteiger partial charge in [-0.3, -0.25) is 4.79 Å². The fourth-order valence-corrected chi connectivity index (χ4v) is 2.04. The van der Waals surface area contributed by atoms with E-state index >= 15 is 0 Å². The van der Waals surface area contributed by atoms with Crippen LogP contribution in [0, 0.1) is 5.92 Å². The van der Waals surface area contributed by atoms with Gasteiger partial charge < -0.3 is 11.1 Å². The van der Waals surface area contributed by atoms with E-state index in [1.165, 1.54) is 0 Å². The van der Waals surface area contributed by atoms with Gasteiger partial charge in [-0.05, 0) is 24.1 Å². The Morgan fingerprint density at radius 3 is 2.76 bits per heavy atom. The van der Waals surface area contributed by atoms with E-state index in [0.717, 1.165) is 10.9 Å². The molecule has 1 amide bonds. The molecule has 3 N–H and O–H groups in total. The summed E-state index contributed by atoms with van der Waals surface area (Å²) in [6, 6.07) is 4.77. The number of anilines is 1. The third kappa shape index (κ3) is 3.98. The Morgan fingerprint density at radius 2 is 2.24 bits per heavy atom. The van der Waals surface area contributed by atoms with Crippen LogP contribution in [0.4, 0.5) is 5.69 Å². The van der Waals surface area contributed by atoms with Crippen LogP contribution >= 0.6 is 27.5 Å². The van der Waals surface area contributed by atoms with E-state index in [2.05, 4.69) is 21.2 Å². The lowest BCUT2D eigenvalue weighted by molar-refractivity contribution is -0.118. The molecule has 0 fully saturated rings. The molecule has 94 valence electrons. The summed E-state index contributed by atoms with van der Waals surface area (Å²) in [6.07, 6.45) is 0.864. The molecule has 0 saturated carbocycles. The fourth-order valence-electron chi connectivity index (χ4n) is 1.32. The van der Waals surface area contributed by atoms with Crippen molar-refractivity contribution in [1.29, 1.82) is 0 Å². The number of nitrogens with one attached hydrogen (secondary N) is 1. The summed E-state index contributed by atoms with van der Waals surface area (Å²) in [5.41, 5.74) is 6.42. The molecule has 5 heteroatoms. The Balaban J connectivity index is 2.74. The molecule has 3 nitrogen and oxygen atoms in total.